The van der Waals surface area contributed by atoms with E-state index in [-0.39, 0.29) is 30.1 Å². The fourth-order valence-electron chi connectivity index (χ4n) is 4.17. The molecular formula is C28H25FN4O2S. The summed E-state index contributed by atoms with van der Waals surface area (Å²) in [5.74, 6) is -1.07. The molecule has 0 radical (unpaired) electrons. The number of nitrogens with one attached hydrogen (secondary N) is 1. The molecule has 3 aromatic carbocycles. The third-order valence-corrected chi connectivity index (χ3v) is 7.32. The van der Waals surface area contributed by atoms with Gasteiger partial charge in [-0.2, -0.15) is 10.1 Å². The first-order valence-electron chi connectivity index (χ1n) is 11.7. The van der Waals surface area contributed by atoms with Gasteiger partial charge in [0.05, 0.1) is 11.8 Å². The van der Waals surface area contributed by atoms with E-state index in [1.807, 2.05) is 18.9 Å². The Morgan fingerprint density at radius 3 is 2.31 bits per heavy atom. The number of amidine groups is 1. The Bertz CT molecular complexity index is 1350. The number of hydrogen-bond donors (Lipinski definition) is 1. The number of thioether (sulfide) groups is 1. The monoisotopic (exact) mass is 500 g/mol. The van der Waals surface area contributed by atoms with Gasteiger partial charge in [-0.3, -0.25) is 9.59 Å². The van der Waals surface area contributed by atoms with Crippen molar-refractivity contribution in [3.63, 3.8) is 0 Å². The molecule has 0 fully saturated rings. The molecule has 8 heteroatoms. The first kappa shape index (κ1) is 23.9. The maximum absolute atomic E-state index is 13.1. The minimum atomic E-state index is -0.641. The molecule has 0 saturated carbocycles. The number of hydrogen-bond acceptors (Lipinski definition) is 5. The number of aryl methyl sites for hydroxylation is 2. The van der Waals surface area contributed by atoms with E-state index in [1.165, 1.54) is 41.6 Å². The molecule has 182 valence electrons. The topological polar surface area (TPSA) is 74.1 Å². The lowest BCUT2D eigenvalue weighted by atomic mass is 9.97. The number of nitrogens with zero attached hydrogens (tertiary/aromatic N) is 3. The van der Waals surface area contributed by atoms with E-state index in [4.69, 9.17) is 5.10 Å². The summed E-state index contributed by atoms with van der Waals surface area (Å²) in [5.41, 5.74) is 5.86. The van der Waals surface area contributed by atoms with Crippen molar-refractivity contribution >= 4 is 40.1 Å². The van der Waals surface area contributed by atoms with Crippen LogP contribution in [0.25, 0.3) is 0 Å². The average molecular weight is 501 g/mol. The van der Waals surface area contributed by atoms with Crippen molar-refractivity contribution in [2.75, 3.05) is 5.32 Å². The van der Waals surface area contributed by atoms with Crippen LogP contribution in [0.2, 0.25) is 0 Å². The van der Waals surface area contributed by atoms with Crippen LogP contribution >= 0.6 is 11.8 Å². The van der Waals surface area contributed by atoms with Gasteiger partial charge in [-0.05, 0) is 49.2 Å². The molecule has 2 heterocycles. The van der Waals surface area contributed by atoms with Crippen molar-refractivity contribution < 1.29 is 14.0 Å². The maximum Gasteiger partial charge on any atom is 0.262 e. The third-order valence-electron chi connectivity index (χ3n) is 6.18. The average Bonchev–Trinajstić information content (AvgIpc) is 3.45. The van der Waals surface area contributed by atoms with Crippen molar-refractivity contribution in [1.82, 2.24) is 5.01 Å². The van der Waals surface area contributed by atoms with Crippen LogP contribution in [0, 0.1) is 19.7 Å². The number of benzene rings is 3. The van der Waals surface area contributed by atoms with E-state index in [2.05, 4.69) is 58.8 Å². The number of amides is 2. The Kier molecular flexibility index (Phi) is 6.69. The number of anilines is 1. The molecule has 0 spiro atoms. The van der Waals surface area contributed by atoms with Gasteiger partial charge >= 0.3 is 0 Å². The molecule has 1 N–H and O–H groups in total. The zero-order chi connectivity index (χ0) is 25.2. The maximum atomic E-state index is 13.1. The molecule has 0 aromatic heterocycles. The fourth-order valence-corrected chi connectivity index (χ4v) is 5.23. The van der Waals surface area contributed by atoms with Gasteiger partial charge in [0.1, 0.15) is 11.1 Å². The highest BCUT2D eigenvalue weighted by Gasteiger charge is 2.39. The predicted molar refractivity (Wildman–Crippen MR) is 142 cm³/mol. The predicted octanol–water partition coefficient (Wildman–Crippen LogP) is 5.62. The van der Waals surface area contributed by atoms with Crippen LogP contribution in [-0.4, -0.2) is 33.0 Å². The first-order valence-corrected chi connectivity index (χ1v) is 12.6. The highest BCUT2D eigenvalue weighted by molar-refractivity contribution is 8.15. The molecule has 0 aliphatic carbocycles. The molecule has 6 nitrogen and oxygen atoms in total. The summed E-state index contributed by atoms with van der Waals surface area (Å²) in [7, 11) is 0. The van der Waals surface area contributed by atoms with Gasteiger partial charge in [0.2, 0.25) is 5.91 Å². The van der Waals surface area contributed by atoms with Crippen molar-refractivity contribution in [2.45, 2.75) is 38.0 Å². The molecule has 2 atom stereocenters. The summed E-state index contributed by atoms with van der Waals surface area (Å²) in [6.07, 6.45) is 0.640. The second-order valence-corrected chi connectivity index (χ2v) is 10.2. The van der Waals surface area contributed by atoms with Crippen molar-refractivity contribution in [3.8, 4) is 0 Å². The summed E-state index contributed by atoms with van der Waals surface area (Å²) in [6.45, 7) is 4.09. The van der Waals surface area contributed by atoms with Crippen LogP contribution in [-0.2, 0) is 9.59 Å². The zero-order valence-corrected chi connectivity index (χ0v) is 20.8. The lowest BCUT2D eigenvalue weighted by Gasteiger charge is -2.23. The molecular weight excluding hydrogens is 475 g/mol. The Hall–Kier alpha value is -3.78. The molecule has 2 aliphatic heterocycles. The van der Waals surface area contributed by atoms with Gasteiger partial charge in [0.25, 0.3) is 5.91 Å². The minimum Gasteiger partial charge on any atom is -0.326 e. The van der Waals surface area contributed by atoms with E-state index in [0.29, 0.717) is 17.3 Å². The SMILES string of the molecule is Cc1ccc(C2=NN(C3=NC(=O)C(CC(=O)Nc4ccc(F)cc4)S3)C(c3ccc(C)cc3)C2)cc1. The van der Waals surface area contributed by atoms with Crippen LogP contribution in [0.5, 0.6) is 0 Å². The summed E-state index contributed by atoms with van der Waals surface area (Å²) >= 11 is 1.26. The fraction of sp³-hybridized carbons (Fsp3) is 0.214. The van der Waals surface area contributed by atoms with Gasteiger partial charge in [0, 0.05) is 18.5 Å². The number of halogens is 1. The van der Waals surface area contributed by atoms with E-state index in [0.717, 1.165) is 22.4 Å². The summed E-state index contributed by atoms with van der Waals surface area (Å²) in [4.78, 5) is 29.6. The van der Waals surface area contributed by atoms with E-state index in [1.54, 1.807) is 0 Å². The first-order chi connectivity index (χ1) is 17.4. The summed E-state index contributed by atoms with van der Waals surface area (Å²) in [6, 6.07) is 21.9. The van der Waals surface area contributed by atoms with Crippen molar-refractivity contribution in [3.05, 3.63) is 101 Å². The Labute approximate surface area is 213 Å². The lowest BCUT2D eigenvalue weighted by Crippen LogP contribution is -2.25. The second-order valence-electron chi connectivity index (χ2n) is 8.99. The van der Waals surface area contributed by atoms with Crippen LogP contribution < -0.4 is 5.32 Å². The summed E-state index contributed by atoms with van der Waals surface area (Å²) < 4.78 is 13.1. The van der Waals surface area contributed by atoms with Crippen LogP contribution in [0.15, 0.2) is 82.9 Å². The molecule has 2 unspecified atom stereocenters. The molecule has 36 heavy (non-hydrogen) atoms. The number of carbonyl (C=O) groups excluding carboxylic acids is 2. The Morgan fingerprint density at radius 1 is 1.00 bits per heavy atom. The minimum absolute atomic E-state index is 0.0363. The molecule has 0 saturated heterocycles. The van der Waals surface area contributed by atoms with Crippen molar-refractivity contribution in [2.24, 2.45) is 10.1 Å². The van der Waals surface area contributed by atoms with Gasteiger partial charge in [-0.1, -0.05) is 71.4 Å². The van der Waals surface area contributed by atoms with Gasteiger partial charge < -0.3 is 5.32 Å². The Balaban J connectivity index is 1.35. The van der Waals surface area contributed by atoms with E-state index in [9.17, 15) is 14.0 Å². The Morgan fingerprint density at radius 2 is 1.64 bits per heavy atom. The summed E-state index contributed by atoms with van der Waals surface area (Å²) in [5, 5.41) is 9.27. The van der Waals surface area contributed by atoms with Gasteiger partial charge in [-0.25, -0.2) is 9.40 Å². The molecule has 3 aromatic rings. The molecule has 0 bridgehead atoms. The smallest absolute Gasteiger partial charge is 0.262 e. The molecule has 2 amide bonds. The molecule has 5 rings (SSSR count). The zero-order valence-electron chi connectivity index (χ0n) is 19.9. The molecule has 2 aliphatic rings. The quantitative estimate of drug-likeness (QED) is 0.493. The number of rotatable bonds is 5. The van der Waals surface area contributed by atoms with Crippen molar-refractivity contribution in [1.29, 1.82) is 0 Å². The van der Waals surface area contributed by atoms with E-state index >= 15 is 0 Å². The van der Waals surface area contributed by atoms with Crippen LogP contribution in [0.1, 0.15) is 41.1 Å². The van der Waals surface area contributed by atoms with Gasteiger partial charge in [-0.15, -0.1) is 0 Å². The number of carbonyl (C=O) groups is 2. The van der Waals surface area contributed by atoms with E-state index < -0.39 is 5.25 Å². The highest BCUT2D eigenvalue weighted by Crippen LogP contribution is 2.38. The lowest BCUT2D eigenvalue weighted by molar-refractivity contribution is -0.121. The highest BCUT2D eigenvalue weighted by atomic mass is 32.2. The number of aliphatic imine (C=N–C) groups is 1. The second kappa shape index (κ2) is 10.1. The largest absolute Gasteiger partial charge is 0.326 e. The van der Waals surface area contributed by atoms with Gasteiger partial charge in [0.15, 0.2) is 5.17 Å². The van der Waals surface area contributed by atoms with Crippen LogP contribution in [0.4, 0.5) is 10.1 Å². The number of hydrazone groups is 1. The third kappa shape index (κ3) is 5.23. The standard InChI is InChI=1S/C28H25FN4O2S/c1-17-3-7-19(8-4-17)23-15-24(20-9-5-18(2)6-10-20)33(32-23)28-31-27(35)25(36-28)16-26(34)30-22-13-11-21(29)12-14-22/h3-14,24-25H,15-16H2,1-2H3,(H,30,34). The normalized spacial score (nSPS) is 19.3. The van der Waals surface area contributed by atoms with Crippen LogP contribution in [0.3, 0.4) is 0 Å².